The molecule has 1 atom stereocenters. The minimum Gasteiger partial charge on any atom is -0.393 e. The van der Waals surface area contributed by atoms with Crippen molar-refractivity contribution in [2.45, 2.75) is 24.9 Å². The molecular weight excluding hydrogens is 354 g/mol. The molecule has 2 aromatic carbocycles. The predicted molar refractivity (Wildman–Crippen MR) is 109 cm³/mol. The van der Waals surface area contributed by atoms with Crippen molar-refractivity contribution in [3.63, 3.8) is 0 Å². The van der Waals surface area contributed by atoms with Gasteiger partial charge in [-0.2, -0.15) is 0 Å². The Hall–Kier alpha value is -2.18. The van der Waals surface area contributed by atoms with Gasteiger partial charge in [0.25, 0.3) is 5.91 Å². The van der Waals surface area contributed by atoms with Gasteiger partial charge >= 0.3 is 0 Å². The Morgan fingerprint density at radius 1 is 1.11 bits per heavy atom. The number of hydrogen-bond donors (Lipinski definition) is 1. The fourth-order valence-corrected chi connectivity index (χ4v) is 4.44. The van der Waals surface area contributed by atoms with Gasteiger partial charge in [-0.25, -0.2) is 4.39 Å². The second kappa shape index (κ2) is 7.68. The van der Waals surface area contributed by atoms with E-state index in [4.69, 9.17) is 0 Å². The number of fused-ring (bicyclic) bond motifs is 1. The summed E-state index contributed by atoms with van der Waals surface area (Å²) in [7, 11) is 1.78. The molecule has 1 N–H and O–H groups in total. The van der Waals surface area contributed by atoms with Gasteiger partial charge in [0, 0.05) is 25.2 Å². The Balaban J connectivity index is 1.29. The van der Waals surface area contributed by atoms with Crippen LogP contribution in [0.1, 0.15) is 34.3 Å². The van der Waals surface area contributed by atoms with E-state index in [0.717, 1.165) is 49.2 Å². The zero-order valence-corrected chi connectivity index (χ0v) is 16.3. The Labute approximate surface area is 166 Å². The summed E-state index contributed by atoms with van der Waals surface area (Å²) in [5.74, 6) is 0.349. The topological polar surface area (TPSA) is 43.8 Å². The summed E-state index contributed by atoms with van der Waals surface area (Å²) in [6.45, 7) is 3.84. The molecule has 1 saturated heterocycles. The molecular formula is C22H26BFN2O2. The first-order valence-electron chi connectivity index (χ1n) is 10.0. The SMILES string of the molecule is BC(O)(CN1CCC(CN2Cc3ccccc3C2=O)CC1)c1ccc(F)cc1. The second-order valence-corrected chi connectivity index (χ2v) is 8.34. The van der Waals surface area contributed by atoms with E-state index in [1.54, 1.807) is 20.0 Å². The summed E-state index contributed by atoms with van der Waals surface area (Å²) in [6.07, 6.45) is 2.03. The van der Waals surface area contributed by atoms with Crippen LogP contribution in [0.25, 0.3) is 0 Å². The molecule has 0 bridgehead atoms. The third kappa shape index (κ3) is 3.98. The molecule has 2 aromatic rings. The van der Waals surface area contributed by atoms with Gasteiger partial charge in [-0.3, -0.25) is 4.79 Å². The highest BCUT2D eigenvalue weighted by atomic mass is 19.1. The van der Waals surface area contributed by atoms with Gasteiger partial charge in [0.15, 0.2) is 7.85 Å². The summed E-state index contributed by atoms with van der Waals surface area (Å²) in [6, 6.07) is 13.9. The van der Waals surface area contributed by atoms with E-state index in [1.807, 2.05) is 29.2 Å². The number of amides is 1. The highest BCUT2D eigenvalue weighted by Crippen LogP contribution is 2.27. The number of piperidine rings is 1. The van der Waals surface area contributed by atoms with Crippen LogP contribution in [0.2, 0.25) is 0 Å². The van der Waals surface area contributed by atoms with Crippen molar-refractivity contribution in [3.8, 4) is 0 Å². The molecule has 2 heterocycles. The lowest BCUT2D eigenvalue weighted by atomic mass is 9.75. The van der Waals surface area contributed by atoms with Crippen LogP contribution < -0.4 is 0 Å². The predicted octanol–water partition coefficient (Wildman–Crippen LogP) is 1.97. The number of β-amino-alcohol motifs (C(OH)–C–C–N with tert-alkyl or cyclic N) is 1. The zero-order chi connectivity index (χ0) is 19.7. The van der Waals surface area contributed by atoms with Crippen LogP contribution in [0.15, 0.2) is 48.5 Å². The van der Waals surface area contributed by atoms with E-state index < -0.39 is 5.50 Å². The third-order valence-electron chi connectivity index (χ3n) is 6.08. The number of carbonyl (C=O) groups excluding carboxylic acids is 1. The van der Waals surface area contributed by atoms with Crippen LogP contribution in [0, 0.1) is 11.7 Å². The Morgan fingerprint density at radius 2 is 1.79 bits per heavy atom. The lowest BCUT2D eigenvalue weighted by Crippen LogP contribution is -2.46. The van der Waals surface area contributed by atoms with Gasteiger partial charge in [-0.15, -0.1) is 0 Å². The minimum absolute atomic E-state index is 0.150. The number of aliphatic hydroxyl groups is 1. The summed E-state index contributed by atoms with van der Waals surface area (Å²) >= 11 is 0. The number of carbonyl (C=O) groups is 1. The quantitative estimate of drug-likeness (QED) is 0.807. The molecule has 4 nitrogen and oxygen atoms in total. The zero-order valence-electron chi connectivity index (χ0n) is 16.3. The average Bonchev–Trinajstić information content (AvgIpc) is 2.99. The molecule has 0 aliphatic carbocycles. The van der Waals surface area contributed by atoms with Crippen LogP contribution in [0.4, 0.5) is 4.39 Å². The number of halogens is 1. The first kappa shape index (κ1) is 19.2. The molecule has 4 rings (SSSR count). The van der Waals surface area contributed by atoms with E-state index in [1.165, 1.54) is 12.1 Å². The highest BCUT2D eigenvalue weighted by molar-refractivity contribution is 6.14. The van der Waals surface area contributed by atoms with Gasteiger partial charge in [0.1, 0.15) is 5.82 Å². The normalized spacial score (nSPS) is 20.2. The van der Waals surface area contributed by atoms with Crippen LogP contribution in [-0.2, 0) is 12.0 Å². The molecule has 6 heteroatoms. The van der Waals surface area contributed by atoms with Crippen molar-refractivity contribution >= 4 is 13.8 Å². The lowest BCUT2D eigenvalue weighted by Gasteiger charge is -2.38. The van der Waals surface area contributed by atoms with Gasteiger partial charge < -0.3 is 14.9 Å². The van der Waals surface area contributed by atoms with Crippen LogP contribution in [-0.4, -0.2) is 54.8 Å². The molecule has 1 amide bonds. The van der Waals surface area contributed by atoms with Crippen molar-refractivity contribution in [1.29, 1.82) is 0 Å². The van der Waals surface area contributed by atoms with E-state index in [0.29, 0.717) is 19.0 Å². The summed E-state index contributed by atoms with van der Waals surface area (Å²) in [5, 5.41) is 10.8. The van der Waals surface area contributed by atoms with Crippen molar-refractivity contribution in [3.05, 3.63) is 71.0 Å². The molecule has 0 spiro atoms. The molecule has 146 valence electrons. The van der Waals surface area contributed by atoms with Crippen molar-refractivity contribution in [1.82, 2.24) is 9.80 Å². The number of likely N-dealkylation sites (tertiary alicyclic amines) is 1. The maximum absolute atomic E-state index is 13.1. The van der Waals surface area contributed by atoms with Crippen LogP contribution >= 0.6 is 0 Å². The number of rotatable bonds is 5. The molecule has 2 aliphatic rings. The average molecular weight is 380 g/mol. The summed E-state index contributed by atoms with van der Waals surface area (Å²) in [5.41, 5.74) is 1.69. The standard InChI is InChI=1S/C22H26BFN2O2/c23-22(28,18-5-7-19(24)8-6-18)15-25-11-9-16(10-12-25)13-26-14-17-3-1-2-4-20(17)21(26)27/h1-8,16,28H,9-15,23H2. The van der Waals surface area contributed by atoms with E-state index >= 15 is 0 Å². The molecule has 1 unspecified atom stereocenters. The number of hydrogen-bond acceptors (Lipinski definition) is 3. The summed E-state index contributed by atoms with van der Waals surface area (Å²) in [4.78, 5) is 16.8. The first-order valence-corrected chi connectivity index (χ1v) is 10.0. The Kier molecular flexibility index (Phi) is 5.26. The van der Waals surface area contributed by atoms with Crippen molar-refractivity contribution in [2.75, 3.05) is 26.2 Å². The van der Waals surface area contributed by atoms with E-state index in [-0.39, 0.29) is 11.7 Å². The molecule has 0 radical (unpaired) electrons. The molecule has 0 aromatic heterocycles. The van der Waals surface area contributed by atoms with Gasteiger partial charge in [0.05, 0.1) is 5.50 Å². The van der Waals surface area contributed by atoms with Crippen LogP contribution in [0.5, 0.6) is 0 Å². The van der Waals surface area contributed by atoms with Gasteiger partial charge in [-0.05, 0) is 61.2 Å². The van der Waals surface area contributed by atoms with Gasteiger partial charge in [0.2, 0.25) is 0 Å². The Morgan fingerprint density at radius 3 is 2.46 bits per heavy atom. The summed E-state index contributed by atoms with van der Waals surface area (Å²) < 4.78 is 13.1. The van der Waals surface area contributed by atoms with E-state index in [9.17, 15) is 14.3 Å². The molecule has 0 saturated carbocycles. The molecule has 28 heavy (non-hydrogen) atoms. The second-order valence-electron chi connectivity index (χ2n) is 8.34. The molecule has 2 aliphatic heterocycles. The van der Waals surface area contributed by atoms with E-state index in [2.05, 4.69) is 4.90 Å². The monoisotopic (exact) mass is 380 g/mol. The molecule has 1 fully saturated rings. The van der Waals surface area contributed by atoms with Crippen molar-refractivity contribution < 1.29 is 14.3 Å². The number of benzene rings is 2. The fourth-order valence-electron chi connectivity index (χ4n) is 4.44. The maximum atomic E-state index is 13.1. The largest absolute Gasteiger partial charge is 0.393 e. The van der Waals surface area contributed by atoms with Crippen molar-refractivity contribution in [2.24, 2.45) is 5.92 Å². The third-order valence-corrected chi connectivity index (χ3v) is 6.08. The lowest BCUT2D eigenvalue weighted by molar-refractivity contribution is 0.0496. The first-order chi connectivity index (χ1) is 13.4. The van der Waals surface area contributed by atoms with Crippen LogP contribution in [0.3, 0.4) is 0 Å². The number of nitrogens with zero attached hydrogens (tertiary/aromatic N) is 2. The smallest absolute Gasteiger partial charge is 0.254 e. The fraction of sp³-hybridized carbons (Fsp3) is 0.409. The van der Waals surface area contributed by atoms with Gasteiger partial charge in [-0.1, -0.05) is 30.3 Å². The Bertz CT molecular complexity index is 848. The minimum atomic E-state index is -1.01. The highest BCUT2D eigenvalue weighted by Gasteiger charge is 2.32. The maximum Gasteiger partial charge on any atom is 0.254 e.